The van der Waals surface area contributed by atoms with E-state index in [4.69, 9.17) is 10.5 Å². The molecule has 100 valence electrons. The number of benzene rings is 1. The van der Waals surface area contributed by atoms with E-state index in [1.165, 1.54) is 5.56 Å². The zero-order valence-electron chi connectivity index (χ0n) is 11.4. The van der Waals surface area contributed by atoms with Crippen LogP contribution < -0.4 is 5.73 Å². The summed E-state index contributed by atoms with van der Waals surface area (Å²) in [6, 6.07) is 10.9. The number of hydrogen-bond donors (Lipinski definition) is 1. The molecule has 3 nitrogen and oxygen atoms in total. The van der Waals surface area contributed by atoms with Crippen molar-refractivity contribution in [1.29, 1.82) is 0 Å². The highest BCUT2D eigenvalue weighted by atomic mass is 16.5. The van der Waals surface area contributed by atoms with Crippen LogP contribution in [-0.4, -0.2) is 36.7 Å². The van der Waals surface area contributed by atoms with E-state index in [9.17, 15) is 0 Å². The largest absolute Gasteiger partial charge is 0.376 e. The molecule has 2 N–H and O–H groups in total. The Hall–Kier alpha value is -0.900. The van der Waals surface area contributed by atoms with Crippen LogP contribution in [0, 0.1) is 0 Å². The molecule has 1 heterocycles. The molecular weight excluding hydrogens is 224 g/mol. The third kappa shape index (κ3) is 3.10. The zero-order chi connectivity index (χ0) is 13.0. The summed E-state index contributed by atoms with van der Waals surface area (Å²) < 4.78 is 5.61. The average molecular weight is 248 g/mol. The maximum Gasteiger partial charge on any atom is 0.0674 e. The predicted molar refractivity (Wildman–Crippen MR) is 74.4 cm³/mol. The molecule has 18 heavy (non-hydrogen) atoms. The Morgan fingerprint density at radius 2 is 2.11 bits per heavy atom. The van der Waals surface area contributed by atoms with Gasteiger partial charge < -0.3 is 10.5 Å². The summed E-state index contributed by atoms with van der Waals surface area (Å²) in [6.45, 7) is 7.14. The van der Waals surface area contributed by atoms with Gasteiger partial charge in [0.1, 0.15) is 0 Å². The molecule has 1 fully saturated rings. The van der Waals surface area contributed by atoms with Crippen molar-refractivity contribution in [3.05, 3.63) is 35.9 Å². The second kappa shape index (κ2) is 6.32. The molecule has 0 amide bonds. The topological polar surface area (TPSA) is 38.5 Å². The lowest BCUT2D eigenvalue weighted by Gasteiger charge is -2.39. The quantitative estimate of drug-likeness (QED) is 0.887. The van der Waals surface area contributed by atoms with Crippen molar-refractivity contribution >= 4 is 0 Å². The summed E-state index contributed by atoms with van der Waals surface area (Å²) >= 11 is 0. The van der Waals surface area contributed by atoms with Crippen LogP contribution in [0.15, 0.2) is 30.3 Å². The second-order valence-corrected chi connectivity index (χ2v) is 5.09. The number of ether oxygens (including phenoxy) is 1. The Balaban J connectivity index is 2.08. The van der Waals surface area contributed by atoms with Gasteiger partial charge in [-0.1, -0.05) is 37.3 Å². The fourth-order valence-electron chi connectivity index (χ4n) is 2.78. The molecule has 0 aromatic heterocycles. The monoisotopic (exact) mass is 248 g/mol. The molecular formula is C15H24N2O. The van der Waals surface area contributed by atoms with Crippen molar-refractivity contribution in [2.45, 2.75) is 38.5 Å². The van der Waals surface area contributed by atoms with Crippen molar-refractivity contribution in [3.63, 3.8) is 0 Å². The van der Waals surface area contributed by atoms with E-state index >= 15 is 0 Å². The van der Waals surface area contributed by atoms with Crippen LogP contribution in [-0.2, 0) is 4.74 Å². The summed E-state index contributed by atoms with van der Waals surface area (Å²) in [5, 5.41) is 0. The first-order chi connectivity index (χ1) is 8.72. The summed E-state index contributed by atoms with van der Waals surface area (Å²) in [6.07, 6.45) is 1.39. The first kappa shape index (κ1) is 13.5. The predicted octanol–water partition coefficient (Wildman–Crippen LogP) is 2.19. The summed E-state index contributed by atoms with van der Waals surface area (Å²) in [5.41, 5.74) is 7.67. The highest BCUT2D eigenvalue weighted by Gasteiger charge is 2.28. The van der Waals surface area contributed by atoms with Gasteiger partial charge in [-0.05, 0) is 18.9 Å². The Labute approximate surface area is 110 Å². The number of morpholine rings is 1. The van der Waals surface area contributed by atoms with Gasteiger partial charge in [-0.3, -0.25) is 4.90 Å². The normalized spacial score (nSPS) is 24.7. The van der Waals surface area contributed by atoms with E-state index in [0.29, 0.717) is 12.1 Å². The van der Waals surface area contributed by atoms with E-state index in [1.807, 2.05) is 6.07 Å². The van der Waals surface area contributed by atoms with E-state index in [2.05, 4.69) is 43.0 Å². The number of rotatable bonds is 4. The van der Waals surface area contributed by atoms with Gasteiger partial charge in [0.25, 0.3) is 0 Å². The lowest BCUT2D eigenvalue weighted by Crippen LogP contribution is -2.50. The maximum absolute atomic E-state index is 6.44. The lowest BCUT2D eigenvalue weighted by atomic mass is 9.96. The Morgan fingerprint density at radius 1 is 1.39 bits per heavy atom. The standard InChI is InChI=1S/C15H24N2O/c1-3-14(17-9-10-18-12(2)11-17)15(16)13-7-5-4-6-8-13/h4-8,12,14-15H,3,9-11,16H2,1-2H3. The molecule has 1 aliphatic heterocycles. The smallest absolute Gasteiger partial charge is 0.0674 e. The molecule has 0 spiro atoms. The molecule has 1 saturated heterocycles. The van der Waals surface area contributed by atoms with Gasteiger partial charge in [0.05, 0.1) is 12.7 Å². The molecule has 3 atom stereocenters. The van der Waals surface area contributed by atoms with E-state index < -0.39 is 0 Å². The third-order valence-electron chi connectivity index (χ3n) is 3.76. The van der Waals surface area contributed by atoms with Gasteiger partial charge in [-0.2, -0.15) is 0 Å². The Morgan fingerprint density at radius 3 is 2.72 bits per heavy atom. The molecule has 3 heteroatoms. The fourth-order valence-corrected chi connectivity index (χ4v) is 2.78. The van der Waals surface area contributed by atoms with E-state index in [0.717, 1.165) is 26.1 Å². The number of nitrogens with zero attached hydrogens (tertiary/aromatic N) is 1. The van der Waals surface area contributed by atoms with E-state index in [-0.39, 0.29) is 6.04 Å². The minimum atomic E-state index is 0.0847. The first-order valence-electron chi connectivity index (χ1n) is 6.88. The minimum Gasteiger partial charge on any atom is -0.376 e. The summed E-state index contributed by atoms with van der Waals surface area (Å²) in [7, 11) is 0. The van der Waals surface area contributed by atoms with Crippen LogP contribution in [0.4, 0.5) is 0 Å². The van der Waals surface area contributed by atoms with Gasteiger partial charge in [0.2, 0.25) is 0 Å². The van der Waals surface area contributed by atoms with Crippen molar-refractivity contribution in [2.24, 2.45) is 5.73 Å². The van der Waals surface area contributed by atoms with Crippen LogP contribution in [0.2, 0.25) is 0 Å². The minimum absolute atomic E-state index is 0.0847. The van der Waals surface area contributed by atoms with Crippen molar-refractivity contribution in [1.82, 2.24) is 4.90 Å². The van der Waals surface area contributed by atoms with Crippen LogP contribution in [0.3, 0.4) is 0 Å². The summed E-state index contributed by atoms with van der Waals surface area (Å²) in [5.74, 6) is 0. The van der Waals surface area contributed by atoms with Crippen molar-refractivity contribution < 1.29 is 4.74 Å². The van der Waals surface area contributed by atoms with Gasteiger partial charge in [0.15, 0.2) is 0 Å². The molecule has 3 unspecified atom stereocenters. The molecule has 0 radical (unpaired) electrons. The second-order valence-electron chi connectivity index (χ2n) is 5.09. The first-order valence-corrected chi connectivity index (χ1v) is 6.88. The zero-order valence-corrected chi connectivity index (χ0v) is 11.4. The lowest BCUT2D eigenvalue weighted by molar-refractivity contribution is -0.0385. The molecule has 2 rings (SSSR count). The van der Waals surface area contributed by atoms with Gasteiger partial charge in [-0.25, -0.2) is 0 Å². The van der Waals surface area contributed by atoms with Gasteiger partial charge >= 0.3 is 0 Å². The van der Waals surface area contributed by atoms with Gasteiger partial charge in [0, 0.05) is 25.2 Å². The number of hydrogen-bond acceptors (Lipinski definition) is 3. The van der Waals surface area contributed by atoms with Crippen LogP contribution in [0.25, 0.3) is 0 Å². The van der Waals surface area contributed by atoms with Crippen molar-refractivity contribution in [3.8, 4) is 0 Å². The van der Waals surface area contributed by atoms with Gasteiger partial charge in [-0.15, -0.1) is 0 Å². The highest BCUT2D eigenvalue weighted by molar-refractivity contribution is 5.20. The van der Waals surface area contributed by atoms with Crippen LogP contribution >= 0.6 is 0 Å². The fraction of sp³-hybridized carbons (Fsp3) is 0.600. The van der Waals surface area contributed by atoms with Crippen molar-refractivity contribution in [2.75, 3.05) is 19.7 Å². The molecule has 1 aromatic carbocycles. The highest BCUT2D eigenvalue weighted by Crippen LogP contribution is 2.23. The maximum atomic E-state index is 6.44. The molecule has 0 saturated carbocycles. The summed E-state index contributed by atoms with van der Waals surface area (Å²) in [4.78, 5) is 2.48. The Bertz CT molecular complexity index is 355. The molecule has 1 aromatic rings. The molecule has 0 aliphatic carbocycles. The Kier molecular flexibility index (Phi) is 4.75. The number of nitrogens with two attached hydrogens (primary N) is 1. The molecule has 0 bridgehead atoms. The van der Waals surface area contributed by atoms with Crippen LogP contribution in [0.5, 0.6) is 0 Å². The van der Waals surface area contributed by atoms with Crippen LogP contribution in [0.1, 0.15) is 31.9 Å². The third-order valence-corrected chi connectivity index (χ3v) is 3.76. The van der Waals surface area contributed by atoms with E-state index in [1.54, 1.807) is 0 Å². The average Bonchev–Trinajstić information content (AvgIpc) is 2.40. The SMILES string of the molecule is CCC(C(N)c1ccccc1)N1CCOC(C)C1. The molecule has 1 aliphatic rings.